The number of thiophene rings is 1. The highest BCUT2D eigenvalue weighted by atomic mass is 32.1. The first-order chi connectivity index (χ1) is 16.9. The summed E-state index contributed by atoms with van der Waals surface area (Å²) < 4.78 is 6.97. The lowest BCUT2D eigenvalue weighted by Gasteiger charge is -2.55. The van der Waals surface area contributed by atoms with Crippen molar-refractivity contribution in [3.63, 3.8) is 0 Å². The second-order valence-electron chi connectivity index (χ2n) is 10.1. The van der Waals surface area contributed by atoms with Crippen molar-refractivity contribution in [2.24, 2.45) is 5.92 Å². The number of nitrogens with zero attached hydrogens (tertiary/aromatic N) is 1. The highest BCUT2D eigenvalue weighted by Gasteiger charge is 2.52. The molecule has 6 heteroatoms. The van der Waals surface area contributed by atoms with Gasteiger partial charge in [0.2, 0.25) is 5.78 Å². The monoisotopic (exact) mass is 489 g/mol. The number of rotatable bonds is 8. The number of Topliss-reactive ketones (excluding diaryl/α,β-unsaturated/α-hetero) is 1. The summed E-state index contributed by atoms with van der Waals surface area (Å²) in [6.07, 6.45) is 1.80. The van der Waals surface area contributed by atoms with E-state index in [1.54, 1.807) is 11.3 Å². The normalized spacial score (nSPS) is 26.2. The fraction of sp³-hybridized carbons (Fsp3) is 0.379. The lowest BCUT2D eigenvalue weighted by atomic mass is 9.78. The quantitative estimate of drug-likeness (QED) is 0.253. The van der Waals surface area contributed by atoms with Crippen LogP contribution in [0, 0.1) is 12.8 Å². The van der Waals surface area contributed by atoms with Crippen LogP contribution in [0.2, 0.25) is 0 Å². The SMILES string of the molecule is Cc1cc(C(=O)C[N+]23CCC(CC2C)C(OC(=O)C(Nc2ccccc2)c2ccccc2)C3)cs1. The largest absolute Gasteiger partial charge is 0.454 e. The van der Waals surface area contributed by atoms with Crippen molar-refractivity contribution < 1.29 is 18.8 Å². The molecule has 3 aromatic rings. The van der Waals surface area contributed by atoms with Crippen LogP contribution in [0.4, 0.5) is 5.69 Å². The van der Waals surface area contributed by atoms with E-state index in [1.807, 2.05) is 79.0 Å². The number of benzene rings is 2. The van der Waals surface area contributed by atoms with Gasteiger partial charge in [-0.05, 0) is 37.6 Å². The van der Waals surface area contributed by atoms with Gasteiger partial charge in [-0.2, -0.15) is 0 Å². The van der Waals surface area contributed by atoms with E-state index < -0.39 is 6.04 Å². The number of fused-ring (bicyclic) bond motifs is 3. The molecular formula is C29H33N2O3S+. The zero-order valence-electron chi connectivity index (χ0n) is 20.4. The van der Waals surface area contributed by atoms with E-state index in [4.69, 9.17) is 4.74 Å². The van der Waals surface area contributed by atoms with Crippen LogP contribution in [0.3, 0.4) is 0 Å². The molecule has 5 atom stereocenters. The lowest BCUT2D eigenvalue weighted by Crippen LogP contribution is -2.69. The number of para-hydroxylation sites is 1. The zero-order valence-corrected chi connectivity index (χ0v) is 21.2. The summed E-state index contributed by atoms with van der Waals surface area (Å²) in [6.45, 7) is 6.44. The predicted molar refractivity (Wildman–Crippen MR) is 140 cm³/mol. The Labute approximate surface area is 211 Å². The zero-order chi connectivity index (χ0) is 24.4. The summed E-state index contributed by atoms with van der Waals surface area (Å²) in [5, 5.41) is 5.34. The average Bonchev–Trinajstić information content (AvgIpc) is 3.31. The Hall–Kier alpha value is -2.96. The van der Waals surface area contributed by atoms with E-state index in [9.17, 15) is 9.59 Å². The Morgan fingerprint density at radius 2 is 1.83 bits per heavy atom. The molecule has 5 unspecified atom stereocenters. The fourth-order valence-corrected chi connectivity index (χ4v) is 6.49. The summed E-state index contributed by atoms with van der Waals surface area (Å²) in [5.74, 6) is 0.282. The lowest BCUT2D eigenvalue weighted by molar-refractivity contribution is -0.960. The van der Waals surface area contributed by atoms with Crippen LogP contribution >= 0.6 is 11.3 Å². The summed E-state index contributed by atoms with van der Waals surface area (Å²) in [4.78, 5) is 27.9. The van der Waals surface area contributed by atoms with Crippen molar-refractivity contribution in [1.82, 2.24) is 0 Å². The van der Waals surface area contributed by atoms with Gasteiger partial charge in [0, 0.05) is 40.3 Å². The molecule has 0 amide bonds. The fourth-order valence-electron chi connectivity index (χ4n) is 5.78. The molecule has 2 bridgehead atoms. The van der Waals surface area contributed by atoms with Crippen molar-refractivity contribution in [1.29, 1.82) is 0 Å². The Morgan fingerprint density at radius 1 is 1.11 bits per heavy atom. The highest BCUT2D eigenvalue weighted by Crippen LogP contribution is 2.40. The minimum absolute atomic E-state index is 0.173. The third kappa shape index (κ3) is 5.04. The summed E-state index contributed by atoms with van der Waals surface area (Å²) in [7, 11) is 0. The number of piperidine rings is 3. The molecule has 3 saturated heterocycles. The Morgan fingerprint density at radius 3 is 2.49 bits per heavy atom. The maximum Gasteiger partial charge on any atom is 0.333 e. The van der Waals surface area contributed by atoms with E-state index in [-0.39, 0.29) is 17.9 Å². The molecular weight excluding hydrogens is 456 g/mol. The maximum absolute atomic E-state index is 13.6. The van der Waals surface area contributed by atoms with Gasteiger partial charge in [0.15, 0.2) is 12.1 Å². The average molecular weight is 490 g/mol. The van der Waals surface area contributed by atoms with Gasteiger partial charge >= 0.3 is 5.97 Å². The number of quaternary nitrogens is 1. The number of ketones is 1. The molecule has 1 aromatic heterocycles. The van der Waals surface area contributed by atoms with Crippen LogP contribution in [-0.4, -0.2) is 48.0 Å². The Balaban J connectivity index is 1.33. The van der Waals surface area contributed by atoms with Gasteiger partial charge in [-0.1, -0.05) is 48.5 Å². The minimum Gasteiger partial charge on any atom is -0.454 e. The minimum atomic E-state index is -0.588. The van der Waals surface area contributed by atoms with E-state index in [0.717, 1.165) is 41.1 Å². The predicted octanol–water partition coefficient (Wildman–Crippen LogP) is 5.63. The van der Waals surface area contributed by atoms with Crippen molar-refractivity contribution in [2.75, 3.05) is 25.0 Å². The molecule has 1 N–H and O–H groups in total. The van der Waals surface area contributed by atoms with Crippen molar-refractivity contribution in [3.05, 3.63) is 88.1 Å². The third-order valence-corrected chi connectivity index (χ3v) is 8.69. The number of ether oxygens (including phenoxy) is 1. The number of esters is 1. The summed E-state index contributed by atoms with van der Waals surface area (Å²) in [6, 6.07) is 21.3. The molecule has 0 aliphatic carbocycles. The number of carbonyl (C=O) groups excluding carboxylic acids is 2. The maximum atomic E-state index is 13.6. The third-order valence-electron chi connectivity index (χ3n) is 7.83. The summed E-state index contributed by atoms with van der Waals surface area (Å²) >= 11 is 1.62. The number of aryl methyl sites for hydroxylation is 1. The van der Waals surface area contributed by atoms with Crippen LogP contribution in [0.1, 0.15) is 46.6 Å². The van der Waals surface area contributed by atoms with E-state index in [2.05, 4.69) is 12.2 Å². The van der Waals surface area contributed by atoms with Crippen molar-refractivity contribution >= 4 is 28.8 Å². The molecule has 3 aliphatic rings. The molecule has 0 radical (unpaired) electrons. The van der Waals surface area contributed by atoms with Gasteiger partial charge in [0.25, 0.3) is 0 Å². The number of carbonyl (C=O) groups is 2. The molecule has 5 nitrogen and oxygen atoms in total. The molecule has 0 saturated carbocycles. The van der Waals surface area contributed by atoms with Gasteiger partial charge in [-0.3, -0.25) is 4.79 Å². The second kappa shape index (κ2) is 9.96. The van der Waals surface area contributed by atoms with Gasteiger partial charge in [-0.25, -0.2) is 4.79 Å². The van der Waals surface area contributed by atoms with Crippen molar-refractivity contribution in [2.45, 2.75) is 44.9 Å². The van der Waals surface area contributed by atoms with Crippen LogP contribution in [0.25, 0.3) is 0 Å². The number of hydrogen-bond acceptors (Lipinski definition) is 5. The number of anilines is 1. The molecule has 3 fully saturated rings. The second-order valence-corrected chi connectivity index (χ2v) is 11.2. The smallest absolute Gasteiger partial charge is 0.333 e. The van der Waals surface area contributed by atoms with Gasteiger partial charge < -0.3 is 14.5 Å². The van der Waals surface area contributed by atoms with Gasteiger partial charge in [-0.15, -0.1) is 11.3 Å². The van der Waals surface area contributed by atoms with E-state index in [1.165, 1.54) is 0 Å². The van der Waals surface area contributed by atoms with Gasteiger partial charge in [0.05, 0.1) is 12.6 Å². The van der Waals surface area contributed by atoms with Crippen molar-refractivity contribution in [3.8, 4) is 0 Å². The standard InChI is InChI=1S/C29H33N2O3S/c1-20-15-23-13-14-31(20,17-26(32)24-16-21(2)35-19-24)18-27(23)34-29(33)28(22-9-5-3-6-10-22)30-25-11-7-4-8-12-25/h3-12,16,19-20,23,27-28,30H,13-15,17-18H2,1-2H3/q+1. The Bertz CT molecular complexity index is 1180. The van der Waals surface area contributed by atoms with E-state index in [0.29, 0.717) is 29.5 Å². The van der Waals surface area contributed by atoms with Crippen LogP contribution in [-0.2, 0) is 9.53 Å². The summed E-state index contributed by atoms with van der Waals surface area (Å²) in [5.41, 5.74) is 2.56. The number of nitrogens with one attached hydrogen (secondary N) is 1. The first kappa shape index (κ1) is 23.8. The van der Waals surface area contributed by atoms with Gasteiger partial charge in [0.1, 0.15) is 13.1 Å². The molecule has 0 spiro atoms. The molecule has 4 heterocycles. The molecule has 35 heavy (non-hydrogen) atoms. The first-order valence-corrected chi connectivity index (χ1v) is 13.3. The van der Waals surface area contributed by atoms with Crippen LogP contribution in [0.15, 0.2) is 72.1 Å². The van der Waals surface area contributed by atoms with E-state index >= 15 is 0 Å². The molecule has 3 aliphatic heterocycles. The van der Waals surface area contributed by atoms with Crippen LogP contribution in [0.5, 0.6) is 0 Å². The molecule has 2 aromatic carbocycles. The molecule has 182 valence electrons. The molecule has 6 rings (SSSR count). The highest BCUT2D eigenvalue weighted by molar-refractivity contribution is 7.10. The number of hydrogen-bond donors (Lipinski definition) is 1. The first-order valence-electron chi connectivity index (χ1n) is 12.4. The topological polar surface area (TPSA) is 55.4 Å². The van der Waals surface area contributed by atoms with Crippen LogP contribution < -0.4 is 5.32 Å². The Kier molecular flexibility index (Phi) is 6.76.